The normalized spacial score (nSPS) is 18.5. The van der Waals surface area contributed by atoms with Gasteiger partial charge in [0.15, 0.2) is 11.6 Å². The first-order chi connectivity index (χ1) is 9.13. The van der Waals surface area contributed by atoms with Crippen molar-refractivity contribution in [2.45, 2.75) is 12.5 Å². The number of rotatable bonds is 4. The fourth-order valence-electron chi connectivity index (χ4n) is 2.47. The number of hydrogen-bond acceptors (Lipinski definition) is 3. The van der Waals surface area contributed by atoms with Crippen molar-refractivity contribution in [1.82, 2.24) is 10.2 Å². The van der Waals surface area contributed by atoms with Gasteiger partial charge in [0.05, 0.1) is 0 Å². The largest absolute Gasteiger partial charge is 0.396 e. The van der Waals surface area contributed by atoms with Crippen LogP contribution < -0.4 is 5.32 Å². The second-order valence-electron chi connectivity index (χ2n) is 4.60. The van der Waals surface area contributed by atoms with E-state index in [0.29, 0.717) is 19.2 Å². The second-order valence-corrected chi connectivity index (χ2v) is 4.60. The molecule has 2 rings (SSSR count). The van der Waals surface area contributed by atoms with E-state index in [4.69, 9.17) is 5.11 Å². The molecule has 0 aliphatic carbocycles. The monoisotopic (exact) mass is 274 g/mol. The number of nitrogens with one attached hydrogen (secondary N) is 1. The van der Waals surface area contributed by atoms with Gasteiger partial charge < -0.3 is 10.4 Å². The van der Waals surface area contributed by atoms with Gasteiger partial charge in [-0.15, -0.1) is 0 Å². The summed E-state index contributed by atoms with van der Waals surface area (Å²) in [4.78, 5) is 1.93. The van der Waals surface area contributed by atoms with Gasteiger partial charge in [-0.2, -0.15) is 0 Å². The summed E-state index contributed by atoms with van der Waals surface area (Å²) in [6, 6.07) is 1.05. The molecule has 1 aromatic carbocycles. The van der Waals surface area contributed by atoms with Crippen molar-refractivity contribution < 1.29 is 18.3 Å². The van der Waals surface area contributed by atoms with Crippen LogP contribution in [0.15, 0.2) is 12.1 Å². The van der Waals surface area contributed by atoms with Crippen LogP contribution in [0.4, 0.5) is 13.2 Å². The maximum atomic E-state index is 13.8. The second kappa shape index (κ2) is 6.36. The van der Waals surface area contributed by atoms with Gasteiger partial charge in [-0.3, -0.25) is 4.90 Å². The smallest absolute Gasteiger partial charge is 0.163 e. The van der Waals surface area contributed by atoms with E-state index >= 15 is 0 Å². The Balaban J connectivity index is 2.32. The highest BCUT2D eigenvalue weighted by Crippen LogP contribution is 2.28. The zero-order chi connectivity index (χ0) is 13.8. The molecule has 3 nitrogen and oxygen atoms in total. The lowest BCUT2D eigenvalue weighted by Gasteiger charge is -2.35. The Morgan fingerprint density at radius 3 is 2.53 bits per heavy atom. The summed E-state index contributed by atoms with van der Waals surface area (Å²) >= 11 is 0. The van der Waals surface area contributed by atoms with E-state index in [1.165, 1.54) is 0 Å². The van der Waals surface area contributed by atoms with Crippen molar-refractivity contribution in [3.63, 3.8) is 0 Å². The van der Waals surface area contributed by atoms with Gasteiger partial charge in [0.25, 0.3) is 0 Å². The van der Waals surface area contributed by atoms with Crippen molar-refractivity contribution in [1.29, 1.82) is 0 Å². The molecule has 1 aliphatic rings. The average Bonchev–Trinajstić information content (AvgIpc) is 2.41. The molecule has 19 heavy (non-hydrogen) atoms. The number of aliphatic hydroxyl groups excluding tert-OH is 1. The molecule has 1 atom stereocenters. The predicted molar refractivity (Wildman–Crippen MR) is 65.2 cm³/mol. The third-order valence-corrected chi connectivity index (χ3v) is 3.38. The highest BCUT2D eigenvalue weighted by Gasteiger charge is 2.26. The minimum Gasteiger partial charge on any atom is -0.396 e. The minimum atomic E-state index is -1.19. The van der Waals surface area contributed by atoms with Crippen molar-refractivity contribution in [3.05, 3.63) is 35.1 Å². The van der Waals surface area contributed by atoms with E-state index in [1.807, 2.05) is 4.90 Å². The molecule has 1 heterocycles. The molecule has 1 fully saturated rings. The number of nitrogens with zero attached hydrogens (tertiary/aromatic N) is 1. The van der Waals surface area contributed by atoms with Crippen LogP contribution in [0.3, 0.4) is 0 Å². The number of halogens is 3. The number of hydrogen-bond donors (Lipinski definition) is 2. The Hall–Kier alpha value is -1.11. The van der Waals surface area contributed by atoms with E-state index in [2.05, 4.69) is 5.32 Å². The summed E-state index contributed by atoms with van der Waals surface area (Å²) < 4.78 is 40.4. The van der Waals surface area contributed by atoms with Crippen LogP contribution in [0.5, 0.6) is 0 Å². The van der Waals surface area contributed by atoms with Gasteiger partial charge in [-0.1, -0.05) is 0 Å². The van der Waals surface area contributed by atoms with Gasteiger partial charge in [0.2, 0.25) is 0 Å². The van der Waals surface area contributed by atoms with Crippen molar-refractivity contribution in [2.24, 2.45) is 0 Å². The average molecular weight is 274 g/mol. The number of piperazine rings is 1. The highest BCUT2D eigenvalue weighted by atomic mass is 19.2. The zero-order valence-corrected chi connectivity index (χ0v) is 10.5. The third-order valence-electron chi connectivity index (χ3n) is 3.38. The molecule has 2 N–H and O–H groups in total. The van der Waals surface area contributed by atoms with E-state index in [1.54, 1.807) is 0 Å². The van der Waals surface area contributed by atoms with Gasteiger partial charge in [0, 0.05) is 50.5 Å². The van der Waals surface area contributed by atoms with Crippen molar-refractivity contribution >= 4 is 0 Å². The highest BCUT2D eigenvalue weighted by molar-refractivity contribution is 5.24. The Labute approximate surface area is 110 Å². The minimum absolute atomic E-state index is 0.0200. The molecule has 0 spiro atoms. The first-order valence-electron chi connectivity index (χ1n) is 6.33. The standard InChI is InChI=1S/C13H17F3N2O/c14-9-7-10(13(16)11(15)8-9)12(1-6-19)18-4-2-17-3-5-18/h7-8,12,17,19H,1-6H2/t12-/m0/s1. The van der Waals surface area contributed by atoms with Gasteiger partial charge >= 0.3 is 0 Å². The molecule has 0 bridgehead atoms. The summed E-state index contributed by atoms with van der Waals surface area (Å²) in [6.45, 7) is 2.62. The summed E-state index contributed by atoms with van der Waals surface area (Å²) in [5.41, 5.74) is -0.0200. The molecule has 0 unspecified atom stereocenters. The van der Waals surface area contributed by atoms with Crippen molar-refractivity contribution in [3.8, 4) is 0 Å². The van der Waals surface area contributed by atoms with E-state index in [0.717, 1.165) is 19.2 Å². The van der Waals surface area contributed by atoms with E-state index < -0.39 is 23.5 Å². The maximum absolute atomic E-state index is 13.8. The zero-order valence-electron chi connectivity index (χ0n) is 10.5. The lowest BCUT2D eigenvalue weighted by Crippen LogP contribution is -2.45. The molecule has 6 heteroatoms. The van der Waals surface area contributed by atoms with Crippen LogP contribution in [0.25, 0.3) is 0 Å². The molecule has 0 radical (unpaired) electrons. The molecule has 0 aromatic heterocycles. The van der Waals surface area contributed by atoms with Gasteiger partial charge in [-0.05, 0) is 12.5 Å². The molecule has 1 aliphatic heterocycles. The number of aliphatic hydroxyl groups is 1. The summed E-state index contributed by atoms with van der Waals surface area (Å²) in [5, 5.41) is 12.3. The van der Waals surface area contributed by atoms with Crippen LogP contribution in [0.1, 0.15) is 18.0 Å². The Bertz CT molecular complexity index is 436. The van der Waals surface area contributed by atoms with Crippen LogP contribution in [0, 0.1) is 17.5 Å². The van der Waals surface area contributed by atoms with Gasteiger partial charge in [0.1, 0.15) is 5.82 Å². The van der Waals surface area contributed by atoms with Crippen LogP contribution in [0.2, 0.25) is 0 Å². The third kappa shape index (κ3) is 3.26. The van der Waals surface area contributed by atoms with Crippen LogP contribution in [-0.2, 0) is 0 Å². The fourth-order valence-corrected chi connectivity index (χ4v) is 2.47. The topological polar surface area (TPSA) is 35.5 Å². The predicted octanol–water partition coefficient (Wildman–Crippen LogP) is 1.43. The molecular weight excluding hydrogens is 257 g/mol. The summed E-state index contributed by atoms with van der Waals surface area (Å²) in [7, 11) is 0. The first-order valence-corrected chi connectivity index (χ1v) is 6.33. The van der Waals surface area contributed by atoms with E-state index in [9.17, 15) is 13.2 Å². The van der Waals surface area contributed by atoms with Crippen LogP contribution in [-0.4, -0.2) is 42.8 Å². The molecule has 106 valence electrons. The lowest BCUT2D eigenvalue weighted by molar-refractivity contribution is 0.137. The Morgan fingerprint density at radius 2 is 1.89 bits per heavy atom. The quantitative estimate of drug-likeness (QED) is 0.815. The van der Waals surface area contributed by atoms with Gasteiger partial charge in [-0.25, -0.2) is 13.2 Å². The van der Waals surface area contributed by atoms with Crippen LogP contribution >= 0.6 is 0 Å². The van der Waals surface area contributed by atoms with Crippen molar-refractivity contribution in [2.75, 3.05) is 32.8 Å². The lowest BCUT2D eigenvalue weighted by atomic mass is 10.0. The maximum Gasteiger partial charge on any atom is 0.163 e. The Morgan fingerprint density at radius 1 is 1.21 bits per heavy atom. The SMILES string of the molecule is OCC[C@@H](c1cc(F)cc(F)c1F)N1CCNCC1. The van der Waals surface area contributed by atoms with E-state index in [-0.39, 0.29) is 18.6 Å². The number of benzene rings is 1. The Kier molecular flexibility index (Phi) is 4.79. The molecule has 1 saturated heterocycles. The summed E-state index contributed by atoms with van der Waals surface area (Å²) in [6.07, 6.45) is 0.250. The molecule has 1 aromatic rings. The molecule has 0 saturated carbocycles. The first kappa shape index (κ1) is 14.3. The summed E-state index contributed by atoms with van der Waals surface area (Å²) in [5.74, 6) is -3.02. The fraction of sp³-hybridized carbons (Fsp3) is 0.538. The molecular formula is C13H17F3N2O. The molecule has 0 amide bonds.